The summed E-state index contributed by atoms with van der Waals surface area (Å²) < 4.78 is 5.28. The van der Waals surface area contributed by atoms with Crippen LogP contribution in [0.2, 0.25) is 5.02 Å². The van der Waals surface area contributed by atoms with Crippen LogP contribution in [0.25, 0.3) is 11.1 Å². The molecule has 4 saturated carbocycles. The van der Waals surface area contributed by atoms with Crippen molar-refractivity contribution in [3.05, 3.63) is 88.4 Å². The highest BCUT2D eigenvalue weighted by Gasteiger charge is 2.64. The Kier molecular flexibility index (Phi) is 5.83. The van der Waals surface area contributed by atoms with Crippen LogP contribution in [0.3, 0.4) is 0 Å². The van der Waals surface area contributed by atoms with Crippen molar-refractivity contribution in [1.82, 2.24) is 4.90 Å². The van der Waals surface area contributed by atoms with Gasteiger partial charge in [0.15, 0.2) is 0 Å². The summed E-state index contributed by atoms with van der Waals surface area (Å²) in [5.41, 5.74) is 4.18. The summed E-state index contributed by atoms with van der Waals surface area (Å²) in [7, 11) is 1.49. The van der Waals surface area contributed by atoms with Gasteiger partial charge in [-0.05, 0) is 103 Å². The lowest BCUT2D eigenvalue weighted by atomic mass is 9.46. The van der Waals surface area contributed by atoms with Gasteiger partial charge in [0.1, 0.15) is 0 Å². The Morgan fingerprint density at radius 3 is 2.38 bits per heavy atom. The molecule has 3 aromatic rings. The molecular formula is C33H31ClN2O4. The van der Waals surface area contributed by atoms with Gasteiger partial charge in [0.2, 0.25) is 0 Å². The van der Waals surface area contributed by atoms with E-state index in [1.54, 1.807) is 24.3 Å². The molecule has 1 aliphatic heterocycles. The number of nitrogens with zero attached hydrogens (tertiary/aromatic N) is 1. The minimum atomic E-state index is -0.441. The molecule has 4 aliphatic carbocycles. The fraction of sp³-hybridized carbons (Fsp3) is 0.364. The van der Waals surface area contributed by atoms with Crippen molar-refractivity contribution in [3.63, 3.8) is 0 Å². The van der Waals surface area contributed by atoms with E-state index in [1.165, 1.54) is 7.11 Å². The van der Waals surface area contributed by atoms with Crippen molar-refractivity contribution in [2.45, 2.75) is 50.6 Å². The van der Waals surface area contributed by atoms with Gasteiger partial charge in [-0.2, -0.15) is 0 Å². The van der Waals surface area contributed by atoms with Gasteiger partial charge in [-0.1, -0.05) is 41.9 Å². The van der Waals surface area contributed by atoms with Crippen LogP contribution < -0.4 is 5.32 Å². The van der Waals surface area contributed by atoms with Gasteiger partial charge in [-0.15, -0.1) is 0 Å². The van der Waals surface area contributed by atoms with Crippen LogP contribution in [0.5, 0.6) is 0 Å². The lowest BCUT2D eigenvalue weighted by Gasteiger charge is -2.63. The molecule has 1 heterocycles. The van der Waals surface area contributed by atoms with Crippen molar-refractivity contribution in [3.8, 4) is 11.1 Å². The van der Waals surface area contributed by atoms with Gasteiger partial charge in [0.25, 0.3) is 11.8 Å². The topological polar surface area (TPSA) is 75.7 Å². The first-order valence-corrected chi connectivity index (χ1v) is 14.4. The minimum Gasteiger partial charge on any atom is -0.469 e. The van der Waals surface area contributed by atoms with Crippen LogP contribution in [-0.2, 0) is 16.1 Å². The molecular weight excluding hydrogens is 524 g/mol. The first kappa shape index (κ1) is 25.3. The number of rotatable bonds is 5. The molecule has 0 radical (unpaired) electrons. The van der Waals surface area contributed by atoms with E-state index in [-0.39, 0.29) is 23.3 Å². The van der Waals surface area contributed by atoms with Gasteiger partial charge in [0, 0.05) is 33.9 Å². The number of methoxy groups -OCH3 is 1. The van der Waals surface area contributed by atoms with E-state index in [0.717, 1.165) is 54.4 Å². The highest BCUT2D eigenvalue weighted by atomic mass is 35.5. The number of hydrogen-bond acceptors (Lipinski definition) is 4. The third kappa shape index (κ3) is 4.03. The Morgan fingerprint density at radius 1 is 0.950 bits per heavy atom. The minimum absolute atomic E-state index is 0.0734. The average Bonchev–Trinajstić information content (AvgIpc) is 3.28. The molecule has 0 saturated heterocycles. The second-order valence-electron chi connectivity index (χ2n) is 12.3. The number of nitrogens with one attached hydrogen (secondary N) is 1. The van der Waals surface area contributed by atoms with Gasteiger partial charge >= 0.3 is 5.97 Å². The first-order chi connectivity index (χ1) is 19.3. The van der Waals surface area contributed by atoms with Crippen LogP contribution in [-0.4, -0.2) is 35.3 Å². The molecule has 4 bridgehead atoms. The van der Waals surface area contributed by atoms with Crippen LogP contribution in [0.4, 0.5) is 5.69 Å². The van der Waals surface area contributed by atoms with Crippen LogP contribution in [0.15, 0.2) is 66.7 Å². The van der Waals surface area contributed by atoms with E-state index >= 15 is 0 Å². The van der Waals surface area contributed by atoms with Crippen LogP contribution in [0.1, 0.15) is 64.8 Å². The molecule has 7 heteroatoms. The number of carbonyl (C=O) groups excluding carboxylic acids is 3. The number of fused-ring (bicyclic) bond motifs is 1. The summed E-state index contributed by atoms with van der Waals surface area (Å²) in [4.78, 5) is 41.5. The highest BCUT2D eigenvalue weighted by Crippen LogP contribution is 2.64. The second-order valence-corrected chi connectivity index (χ2v) is 12.7. The third-order valence-electron chi connectivity index (χ3n) is 9.70. The predicted molar refractivity (Wildman–Crippen MR) is 153 cm³/mol. The van der Waals surface area contributed by atoms with Crippen molar-refractivity contribution in [1.29, 1.82) is 0 Å². The molecule has 0 spiro atoms. The number of benzene rings is 3. The van der Waals surface area contributed by atoms with Gasteiger partial charge < -0.3 is 15.0 Å². The molecule has 6 nitrogen and oxygen atoms in total. The molecule has 1 N–H and O–H groups in total. The molecule has 2 amide bonds. The van der Waals surface area contributed by atoms with E-state index in [9.17, 15) is 14.4 Å². The summed E-state index contributed by atoms with van der Waals surface area (Å²) >= 11 is 6.02. The highest BCUT2D eigenvalue weighted by molar-refractivity contribution is 6.31. The Bertz CT molecular complexity index is 1530. The molecule has 3 aromatic carbocycles. The lowest BCUT2D eigenvalue weighted by Crippen LogP contribution is -2.64. The summed E-state index contributed by atoms with van der Waals surface area (Å²) in [5.74, 6) is 0.710. The quantitative estimate of drug-likeness (QED) is 0.355. The van der Waals surface area contributed by atoms with E-state index in [1.807, 2.05) is 30.3 Å². The number of carbonyl (C=O) groups is 3. The maximum Gasteiger partial charge on any atom is 0.311 e. The fourth-order valence-corrected chi connectivity index (χ4v) is 8.62. The molecule has 40 heavy (non-hydrogen) atoms. The molecule has 4 fully saturated rings. The summed E-state index contributed by atoms with van der Waals surface area (Å²) in [6, 6.07) is 20.6. The third-order valence-corrected chi connectivity index (χ3v) is 9.93. The summed E-state index contributed by atoms with van der Waals surface area (Å²) in [6.07, 6.45) is 5.64. The molecule has 4 atom stereocenters. The summed E-state index contributed by atoms with van der Waals surface area (Å²) in [6.45, 7) is 0.597. The van der Waals surface area contributed by atoms with E-state index in [0.29, 0.717) is 41.1 Å². The van der Waals surface area contributed by atoms with Crippen molar-refractivity contribution >= 4 is 35.1 Å². The Morgan fingerprint density at radius 2 is 1.68 bits per heavy atom. The Hall–Kier alpha value is -3.64. The van der Waals surface area contributed by atoms with E-state index < -0.39 is 5.41 Å². The largest absolute Gasteiger partial charge is 0.469 e. The number of esters is 1. The van der Waals surface area contributed by atoms with Crippen molar-refractivity contribution < 1.29 is 19.1 Å². The smallest absolute Gasteiger partial charge is 0.311 e. The van der Waals surface area contributed by atoms with Crippen molar-refractivity contribution in [2.24, 2.45) is 17.3 Å². The number of amides is 2. The first-order valence-electron chi connectivity index (χ1n) is 14.0. The number of halogens is 1. The van der Waals surface area contributed by atoms with Crippen LogP contribution in [0, 0.1) is 17.3 Å². The van der Waals surface area contributed by atoms with Gasteiger partial charge in [-0.3, -0.25) is 14.4 Å². The normalized spacial score (nSPS) is 27.9. The number of anilines is 1. The molecule has 2 unspecified atom stereocenters. The molecule has 8 rings (SSSR count). The number of hydrogen-bond donors (Lipinski definition) is 1. The number of ether oxygens (including phenoxy) is 1. The zero-order valence-electron chi connectivity index (χ0n) is 22.4. The predicted octanol–water partition coefficient (Wildman–Crippen LogP) is 6.73. The molecule has 5 aliphatic rings. The Balaban J connectivity index is 1.11. The fourth-order valence-electron chi connectivity index (χ4n) is 8.43. The van der Waals surface area contributed by atoms with Crippen molar-refractivity contribution in [2.75, 3.05) is 12.4 Å². The SMILES string of the molecule is COC(=O)C12C[C@H]3C[C@@H](C1)CC(N1Cc4ccc(-c5ccc(NC(=O)c6cccc(Cl)c6)cc5)cc4C1=O)(C3)C2. The molecule has 0 aromatic heterocycles. The Labute approximate surface area is 238 Å². The maximum absolute atomic E-state index is 13.9. The maximum atomic E-state index is 13.9. The van der Waals surface area contributed by atoms with Gasteiger partial charge in [0.05, 0.1) is 12.5 Å². The molecule has 204 valence electrons. The zero-order valence-corrected chi connectivity index (χ0v) is 23.2. The van der Waals surface area contributed by atoms with E-state index in [2.05, 4.69) is 22.3 Å². The van der Waals surface area contributed by atoms with E-state index in [4.69, 9.17) is 16.3 Å². The zero-order chi connectivity index (χ0) is 27.6. The summed E-state index contributed by atoms with van der Waals surface area (Å²) in [5, 5.41) is 3.42. The lowest BCUT2D eigenvalue weighted by molar-refractivity contribution is -0.179. The standard InChI is InChI=1S/C33H31ClN2O4/c1-40-31(39)32-14-20-11-21(15-32)17-33(16-20,19-32)36-18-25-6-5-23(13-28(25)30(36)38)22-7-9-27(10-8-22)35-29(37)24-3-2-4-26(34)12-24/h2-10,12-13,20-21H,11,14-19H2,1H3,(H,35,37)/t20-,21+,32?,33?. The van der Waals surface area contributed by atoms with Gasteiger partial charge in [-0.25, -0.2) is 0 Å². The monoisotopic (exact) mass is 554 g/mol. The van der Waals surface area contributed by atoms with Crippen LogP contribution >= 0.6 is 11.6 Å². The average molecular weight is 555 g/mol. The second kappa shape index (κ2) is 9.20.